The number of aliphatic hydroxyl groups excluding tert-OH is 1. The first-order valence-electron chi connectivity index (χ1n) is 6.70. The quantitative estimate of drug-likeness (QED) is 0.819. The van der Waals surface area contributed by atoms with Crippen molar-refractivity contribution in [1.29, 1.82) is 0 Å². The van der Waals surface area contributed by atoms with Crippen LogP contribution in [0.15, 0.2) is 11.4 Å². The third-order valence-corrected chi connectivity index (χ3v) is 4.65. The molecule has 20 heavy (non-hydrogen) atoms. The van der Waals surface area contributed by atoms with Gasteiger partial charge in [0.25, 0.3) is 0 Å². The molecule has 0 bridgehead atoms. The van der Waals surface area contributed by atoms with Gasteiger partial charge in [-0.3, -0.25) is 9.69 Å². The average Bonchev–Trinajstić information content (AvgIpc) is 3.04. The number of thiophene rings is 1. The van der Waals surface area contributed by atoms with E-state index in [0.717, 1.165) is 31.6 Å². The van der Waals surface area contributed by atoms with Gasteiger partial charge in [0.2, 0.25) is 5.91 Å². The second kappa shape index (κ2) is 6.40. The number of hydrogen-bond donors (Lipinski definition) is 2. The second-order valence-corrected chi connectivity index (χ2v) is 6.32. The normalized spacial score (nSPS) is 22.4. The molecule has 0 saturated carbocycles. The monoisotopic (exact) mass is 292 g/mol. The first-order chi connectivity index (χ1) is 9.59. The van der Waals surface area contributed by atoms with Gasteiger partial charge in [-0.1, -0.05) is 11.8 Å². The third-order valence-electron chi connectivity index (χ3n) is 3.74. The molecule has 0 radical (unpaired) electrons. The lowest BCUT2D eigenvalue weighted by molar-refractivity contribution is -0.129. The van der Waals surface area contributed by atoms with Crippen LogP contribution in [0, 0.1) is 17.3 Å². The summed E-state index contributed by atoms with van der Waals surface area (Å²) in [5.41, 5.74) is 0.695. The predicted octanol–water partition coefficient (Wildman–Crippen LogP) is 1.05. The highest BCUT2D eigenvalue weighted by Gasteiger charge is 2.39. The van der Waals surface area contributed by atoms with Crippen LogP contribution in [0.25, 0.3) is 0 Å². The Balaban J connectivity index is 2.02. The van der Waals surface area contributed by atoms with Gasteiger partial charge in [0.05, 0.1) is 5.41 Å². The van der Waals surface area contributed by atoms with Crippen LogP contribution in [-0.2, 0) is 11.3 Å². The highest BCUT2D eigenvalue weighted by atomic mass is 32.1. The first-order valence-corrected chi connectivity index (χ1v) is 7.57. The lowest BCUT2D eigenvalue weighted by Gasteiger charge is -2.22. The van der Waals surface area contributed by atoms with E-state index >= 15 is 0 Å². The Morgan fingerprint density at radius 1 is 1.65 bits per heavy atom. The number of carbonyl (C=O) groups excluding carboxylic acids is 1. The van der Waals surface area contributed by atoms with E-state index in [0.29, 0.717) is 0 Å². The maximum atomic E-state index is 11.9. The highest BCUT2D eigenvalue weighted by molar-refractivity contribution is 7.10. The molecule has 5 heteroatoms. The topological polar surface area (TPSA) is 52.6 Å². The van der Waals surface area contributed by atoms with E-state index < -0.39 is 0 Å². The Morgan fingerprint density at radius 3 is 3.15 bits per heavy atom. The Labute approximate surface area is 123 Å². The number of rotatable bonds is 3. The van der Waals surface area contributed by atoms with Gasteiger partial charge in [0.15, 0.2) is 0 Å². The van der Waals surface area contributed by atoms with Crippen molar-refractivity contribution in [3.05, 3.63) is 21.9 Å². The molecule has 1 aromatic rings. The van der Waals surface area contributed by atoms with E-state index in [-0.39, 0.29) is 17.9 Å². The standard InChI is InChI=1S/C15H20N2O2S/c1-15(14(19)16-2)6-7-17(11-15)10-13-12(4-3-8-18)5-9-20-13/h5,9,18H,6-8,10-11H2,1-2H3,(H,16,19). The number of carbonyl (C=O) groups is 1. The van der Waals surface area contributed by atoms with Gasteiger partial charge in [0.1, 0.15) is 6.61 Å². The summed E-state index contributed by atoms with van der Waals surface area (Å²) >= 11 is 1.67. The predicted molar refractivity (Wildman–Crippen MR) is 80.4 cm³/mol. The molecule has 2 rings (SSSR count). The highest BCUT2D eigenvalue weighted by Crippen LogP contribution is 2.32. The van der Waals surface area contributed by atoms with E-state index in [2.05, 4.69) is 22.1 Å². The Hall–Kier alpha value is -1.35. The lowest BCUT2D eigenvalue weighted by atomic mass is 9.89. The van der Waals surface area contributed by atoms with Crippen LogP contribution in [-0.4, -0.2) is 42.7 Å². The molecule has 1 fully saturated rings. The van der Waals surface area contributed by atoms with Crippen LogP contribution in [0.4, 0.5) is 0 Å². The van der Waals surface area contributed by atoms with Gasteiger partial charge in [-0.2, -0.15) is 0 Å². The Kier molecular flexibility index (Phi) is 4.81. The van der Waals surface area contributed by atoms with Gasteiger partial charge in [-0.25, -0.2) is 0 Å². The number of nitrogens with one attached hydrogen (secondary N) is 1. The molecule has 4 nitrogen and oxygen atoms in total. The van der Waals surface area contributed by atoms with Crippen LogP contribution < -0.4 is 5.32 Å². The molecule has 1 amide bonds. The lowest BCUT2D eigenvalue weighted by Crippen LogP contribution is -2.39. The van der Waals surface area contributed by atoms with Crippen molar-refractivity contribution < 1.29 is 9.90 Å². The van der Waals surface area contributed by atoms with Gasteiger partial charge in [0, 0.05) is 30.6 Å². The van der Waals surface area contributed by atoms with Crippen LogP contribution in [0.1, 0.15) is 23.8 Å². The molecule has 0 aromatic carbocycles. The Bertz CT molecular complexity index is 544. The van der Waals surface area contributed by atoms with Crippen LogP contribution in [0.3, 0.4) is 0 Å². The molecule has 1 aromatic heterocycles. The molecule has 108 valence electrons. The number of likely N-dealkylation sites (tertiary alicyclic amines) is 1. The third kappa shape index (κ3) is 3.21. The van der Waals surface area contributed by atoms with Crippen LogP contribution >= 0.6 is 11.3 Å². The minimum Gasteiger partial charge on any atom is -0.384 e. The van der Waals surface area contributed by atoms with E-state index in [9.17, 15) is 4.79 Å². The van der Waals surface area contributed by atoms with Crippen molar-refractivity contribution in [2.75, 3.05) is 26.7 Å². The zero-order valence-corrected chi connectivity index (χ0v) is 12.7. The van der Waals surface area contributed by atoms with Gasteiger partial charge < -0.3 is 10.4 Å². The number of aliphatic hydroxyl groups is 1. The number of amides is 1. The van der Waals surface area contributed by atoms with Crippen molar-refractivity contribution in [1.82, 2.24) is 10.2 Å². The van der Waals surface area contributed by atoms with E-state index in [1.807, 2.05) is 18.4 Å². The zero-order valence-electron chi connectivity index (χ0n) is 11.9. The Morgan fingerprint density at radius 2 is 2.45 bits per heavy atom. The summed E-state index contributed by atoms with van der Waals surface area (Å²) < 4.78 is 0. The molecule has 1 unspecified atom stereocenters. The smallest absolute Gasteiger partial charge is 0.227 e. The largest absolute Gasteiger partial charge is 0.384 e. The van der Waals surface area contributed by atoms with Crippen LogP contribution in [0.5, 0.6) is 0 Å². The summed E-state index contributed by atoms with van der Waals surface area (Å²) in [4.78, 5) is 15.4. The summed E-state index contributed by atoms with van der Waals surface area (Å²) in [7, 11) is 1.69. The fraction of sp³-hybridized carbons (Fsp3) is 0.533. The molecule has 1 aliphatic heterocycles. The van der Waals surface area contributed by atoms with Crippen molar-refractivity contribution >= 4 is 17.2 Å². The summed E-state index contributed by atoms with van der Waals surface area (Å²) in [6, 6.07) is 1.98. The molecule has 2 heterocycles. The molecule has 0 aliphatic carbocycles. The second-order valence-electron chi connectivity index (χ2n) is 5.32. The van der Waals surface area contributed by atoms with Crippen molar-refractivity contribution in [3.8, 4) is 11.8 Å². The zero-order chi connectivity index (χ0) is 14.6. The molecule has 1 saturated heterocycles. The molecular weight excluding hydrogens is 272 g/mol. The summed E-state index contributed by atoms with van der Waals surface area (Å²) in [5, 5.41) is 13.5. The van der Waals surface area contributed by atoms with E-state index in [4.69, 9.17) is 5.11 Å². The number of nitrogens with zero attached hydrogens (tertiary/aromatic N) is 1. The van der Waals surface area contributed by atoms with Gasteiger partial charge in [-0.05, 0) is 31.3 Å². The fourth-order valence-corrected chi connectivity index (χ4v) is 3.46. The van der Waals surface area contributed by atoms with E-state index in [1.165, 1.54) is 4.88 Å². The molecular formula is C15H20N2O2S. The summed E-state index contributed by atoms with van der Waals surface area (Å²) in [6.45, 7) is 4.42. The summed E-state index contributed by atoms with van der Waals surface area (Å²) in [6.07, 6.45) is 0.885. The van der Waals surface area contributed by atoms with Gasteiger partial charge in [-0.15, -0.1) is 11.3 Å². The van der Waals surface area contributed by atoms with Crippen LogP contribution in [0.2, 0.25) is 0 Å². The minimum atomic E-state index is -0.289. The van der Waals surface area contributed by atoms with Crippen molar-refractivity contribution in [2.24, 2.45) is 5.41 Å². The van der Waals surface area contributed by atoms with E-state index in [1.54, 1.807) is 18.4 Å². The van der Waals surface area contributed by atoms with Crippen molar-refractivity contribution in [2.45, 2.75) is 19.9 Å². The SMILES string of the molecule is CNC(=O)C1(C)CCN(Cc2sccc2C#CCO)C1. The minimum absolute atomic E-state index is 0.117. The average molecular weight is 292 g/mol. The molecule has 0 spiro atoms. The maximum Gasteiger partial charge on any atom is 0.227 e. The van der Waals surface area contributed by atoms with Gasteiger partial charge >= 0.3 is 0 Å². The van der Waals surface area contributed by atoms with Crippen molar-refractivity contribution in [3.63, 3.8) is 0 Å². The summed E-state index contributed by atoms with van der Waals surface area (Å²) in [5.74, 6) is 5.78. The first kappa shape index (κ1) is 15.0. The fourth-order valence-electron chi connectivity index (χ4n) is 2.59. The maximum absolute atomic E-state index is 11.9. The number of hydrogen-bond acceptors (Lipinski definition) is 4. The molecule has 2 N–H and O–H groups in total. The molecule has 1 atom stereocenters. The molecule has 1 aliphatic rings.